The second kappa shape index (κ2) is 13.2. The number of alkyl halides is 3. The predicted octanol–water partition coefficient (Wildman–Crippen LogP) is 7.08. The minimum absolute atomic E-state index is 0.0226. The van der Waals surface area contributed by atoms with Gasteiger partial charge in [-0.05, 0) is 53.3 Å². The first-order valence-electron chi connectivity index (χ1n) is 13.0. The highest BCUT2D eigenvalue weighted by Crippen LogP contribution is 2.40. The van der Waals surface area contributed by atoms with E-state index in [9.17, 15) is 22.4 Å². The first-order chi connectivity index (χ1) is 19.2. The number of rotatable bonds is 12. The number of benzene rings is 2. The average Bonchev–Trinajstić information content (AvgIpc) is 3.32. The lowest BCUT2D eigenvalue weighted by molar-refractivity contribution is -0.123. The third-order valence-corrected chi connectivity index (χ3v) is 6.45. The number of nitrogens with one attached hydrogen (secondary N) is 2. The number of aromatic amines is 1. The summed E-state index contributed by atoms with van der Waals surface area (Å²) < 4.78 is 61.7. The second-order valence-electron chi connectivity index (χ2n) is 9.35. The van der Waals surface area contributed by atoms with E-state index in [1.54, 1.807) is 61.6 Å². The minimum atomic E-state index is -4.49. The van der Waals surface area contributed by atoms with E-state index in [0.29, 0.717) is 46.7 Å². The maximum Gasteiger partial charge on any atom is 0.393 e. The Bertz CT molecular complexity index is 1450. The van der Waals surface area contributed by atoms with Crippen LogP contribution in [0.3, 0.4) is 0 Å². The minimum Gasteiger partial charge on any atom is -0.478 e. The zero-order valence-electron chi connectivity index (χ0n) is 22.0. The van der Waals surface area contributed by atoms with Crippen molar-refractivity contribution in [3.8, 4) is 5.88 Å². The molecule has 0 aliphatic rings. The van der Waals surface area contributed by atoms with Crippen molar-refractivity contribution in [2.75, 3.05) is 13.7 Å². The van der Waals surface area contributed by atoms with E-state index in [0.717, 1.165) is 25.7 Å². The van der Waals surface area contributed by atoms with Gasteiger partial charge in [-0.25, -0.2) is 4.98 Å². The van der Waals surface area contributed by atoms with Crippen molar-refractivity contribution in [3.05, 3.63) is 89.5 Å². The van der Waals surface area contributed by atoms with Crippen molar-refractivity contribution in [3.63, 3.8) is 0 Å². The molecular weight excluding hydrogens is 524 g/mol. The number of fused-ring (bicyclic) bond motifs is 1. The van der Waals surface area contributed by atoms with Crippen molar-refractivity contribution in [2.45, 2.75) is 44.7 Å². The second-order valence-corrected chi connectivity index (χ2v) is 9.35. The number of unbranched alkanes of at least 4 members (excludes halogenated alkanes) is 3. The number of halogens is 4. The fourth-order valence-corrected chi connectivity index (χ4v) is 4.48. The Morgan fingerprint density at radius 1 is 0.950 bits per heavy atom. The van der Waals surface area contributed by atoms with E-state index in [-0.39, 0.29) is 16.9 Å². The third kappa shape index (κ3) is 7.68. The molecule has 0 spiro atoms. The standard InChI is InChI=1S/C30H30F4N4O2/c1-35-26(39)11-7-2-3-8-16-40-27-15-13-22(19-36-27)28(21-12-14-25-23(17-21)29(31)38-37-25)24(18-30(32,33)34)20-9-5-4-6-10-20/h4-6,9-10,12-15,17,19H,2-3,7-8,11,16,18H2,1H3,(H,35,39)(H,37,38)/b28-24-. The van der Waals surface area contributed by atoms with Crippen molar-refractivity contribution in [1.82, 2.24) is 20.5 Å². The summed E-state index contributed by atoms with van der Waals surface area (Å²) in [6, 6.07) is 16.3. The van der Waals surface area contributed by atoms with Crippen molar-refractivity contribution < 1.29 is 27.1 Å². The van der Waals surface area contributed by atoms with Crippen LogP contribution in [-0.2, 0) is 4.79 Å². The average molecular weight is 555 g/mol. The Balaban J connectivity index is 1.62. The lowest BCUT2D eigenvalue weighted by atomic mass is 9.88. The number of carbonyl (C=O) groups is 1. The van der Waals surface area contributed by atoms with Crippen LogP contribution in [0.5, 0.6) is 5.88 Å². The van der Waals surface area contributed by atoms with Crippen LogP contribution in [0, 0.1) is 5.95 Å². The summed E-state index contributed by atoms with van der Waals surface area (Å²) in [6.45, 7) is 0.425. The molecule has 210 valence electrons. The summed E-state index contributed by atoms with van der Waals surface area (Å²) in [6.07, 6.45) is -0.318. The van der Waals surface area contributed by atoms with Crippen LogP contribution in [0.15, 0.2) is 66.9 Å². The Morgan fingerprint density at radius 2 is 1.70 bits per heavy atom. The topological polar surface area (TPSA) is 79.9 Å². The van der Waals surface area contributed by atoms with Crippen LogP contribution in [0.4, 0.5) is 17.6 Å². The highest BCUT2D eigenvalue weighted by molar-refractivity contribution is 6.00. The van der Waals surface area contributed by atoms with Gasteiger partial charge in [0.25, 0.3) is 0 Å². The zero-order chi connectivity index (χ0) is 28.5. The third-order valence-electron chi connectivity index (χ3n) is 6.45. The first kappa shape index (κ1) is 28.8. The van der Waals surface area contributed by atoms with Crippen LogP contribution >= 0.6 is 0 Å². The molecule has 6 nitrogen and oxygen atoms in total. The van der Waals surface area contributed by atoms with Gasteiger partial charge in [0, 0.05) is 31.3 Å². The van der Waals surface area contributed by atoms with Gasteiger partial charge in [-0.1, -0.05) is 49.2 Å². The zero-order valence-corrected chi connectivity index (χ0v) is 22.0. The molecule has 40 heavy (non-hydrogen) atoms. The van der Waals surface area contributed by atoms with Crippen molar-refractivity contribution in [1.29, 1.82) is 0 Å². The lowest BCUT2D eigenvalue weighted by Crippen LogP contribution is -2.16. The monoisotopic (exact) mass is 554 g/mol. The van der Waals surface area contributed by atoms with E-state index >= 15 is 0 Å². The quantitative estimate of drug-likeness (QED) is 0.111. The van der Waals surface area contributed by atoms with E-state index in [1.807, 2.05) is 0 Å². The highest BCUT2D eigenvalue weighted by atomic mass is 19.4. The Morgan fingerprint density at radius 3 is 2.40 bits per heavy atom. The van der Waals surface area contributed by atoms with Gasteiger partial charge in [-0.3, -0.25) is 9.89 Å². The molecule has 0 saturated heterocycles. The molecule has 0 saturated carbocycles. The van der Waals surface area contributed by atoms with Gasteiger partial charge in [0.05, 0.1) is 23.9 Å². The Labute approximate surface area is 229 Å². The number of aromatic nitrogens is 3. The van der Waals surface area contributed by atoms with Gasteiger partial charge in [0.1, 0.15) is 0 Å². The molecule has 2 heterocycles. The lowest BCUT2D eigenvalue weighted by Gasteiger charge is -2.19. The van der Waals surface area contributed by atoms with Gasteiger partial charge < -0.3 is 10.1 Å². The Kier molecular flexibility index (Phi) is 9.52. The van der Waals surface area contributed by atoms with Crippen LogP contribution in [0.2, 0.25) is 0 Å². The number of amides is 1. The number of nitrogens with zero attached hydrogens (tertiary/aromatic N) is 2. The molecule has 4 aromatic rings. The number of hydrogen-bond donors (Lipinski definition) is 2. The number of ether oxygens (including phenoxy) is 1. The summed E-state index contributed by atoms with van der Waals surface area (Å²) in [5.74, 6) is -0.292. The molecule has 0 fully saturated rings. The van der Waals surface area contributed by atoms with E-state index < -0.39 is 18.5 Å². The molecule has 2 aromatic heterocycles. The number of carbonyl (C=O) groups excluding carboxylic acids is 1. The first-order valence-corrected chi connectivity index (χ1v) is 13.0. The molecule has 0 unspecified atom stereocenters. The maximum atomic E-state index is 14.3. The molecule has 0 atom stereocenters. The number of hydrogen-bond acceptors (Lipinski definition) is 4. The Hall–Kier alpha value is -4.21. The van der Waals surface area contributed by atoms with Gasteiger partial charge in [0.2, 0.25) is 17.7 Å². The molecule has 2 N–H and O–H groups in total. The molecule has 4 rings (SSSR count). The maximum absolute atomic E-state index is 14.3. The van der Waals surface area contributed by atoms with Gasteiger partial charge >= 0.3 is 6.18 Å². The molecule has 1 amide bonds. The van der Waals surface area contributed by atoms with E-state index in [2.05, 4.69) is 20.5 Å². The van der Waals surface area contributed by atoms with Crippen LogP contribution in [0.25, 0.3) is 22.0 Å². The van der Waals surface area contributed by atoms with Crippen molar-refractivity contribution in [2.24, 2.45) is 0 Å². The van der Waals surface area contributed by atoms with Gasteiger partial charge in [-0.2, -0.15) is 22.7 Å². The summed E-state index contributed by atoms with van der Waals surface area (Å²) in [5.41, 5.74) is 1.95. The molecule has 10 heteroatoms. The van der Waals surface area contributed by atoms with E-state index in [1.165, 1.54) is 12.3 Å². The molecule has 2 aromatic carbocycles. The smallest absolute Gasteiger partial charge is 0.393 e. The van der Waals surface area contributed by atoms with Gasteiger partial charge in [0.15, 0.2) is 0 Å². The van der Waals surface area contributed by atoms with Gasteiger partial charge in [-0.15, -0.1) is 0 Å². The molecule has 0 aliphatic carbocycles. The number of pyridine rings is 1. The van der Waals surface area contributed by atoms with E-state index in [4.69, 9.17) is 4.74 Å². The predicted molar refractivity (Wildman–Crippen MR) is 146 cm³/mol. The fourth-order valence-electron chi connectivity index (χ4n) is 4.48. The molecule has 0 aliphatic heterocycles. The molecule has 0 bridgehead atoms. The SMILES string of the molecule is CNC(=O)CCCCCCOc1ccc(/C(=C(/CC(F)(F)F)c2ccccc2)c2ccc3n[nH]c(F)c3c2)cn1. The van der Waals surface area contributed by atoms with Crippen molar-refractivity contribution >= 4 is 28.0 Å². The highest BCUT2D eigenvalue weighted by Gasteiger charge is 2.31. The fraction of sp³-hybridized carbons (Fsp3) is 0.300. The summed E-state index contributed by atoms with van der Waals surface area (Å²) in [7, 11) is 1.61. The summed E-state index contributed by atoms with van der Waals surface area (Å²) >= 11 is 0. The molecule has 0 radical (unpaired) electrons. The van der Waals surface area contributed by atoms with Crippen LogP contribution in [-0.4, -0.2) is 40.9 Å². The largest absolute Gasteiger partial charge is 0.478 e. The summed E-state index contributed by atoms with van der Waals surface area (Å²) in [4.78, 5) is 15.6. The van der Waals surface area contributed by atoms with Crippen LogP contribution < -0.4 is 10.1 Å². The number of H-pyrrole nitrogens is 1. The molecular formula is C30H30F4N4O2. The normalized spacial score (nSPS) is 12.3. The van der Waals surface area contributed by atoms with Crippen LogP contribution in [0.1, 0.15) is 55.2 Å². The summed E-state index contributed by atoms with van der Waals surface area (Å²) in [5, 5.41) is 8.93. The number of allylic oxidation sites excluding steroid dienone is 1.